The van der Waals surface area contributed by atoms with Crippen LogP contribution >= 0.6 is 23.2 Å². The zero-order chi connectivity index (χ0) is 22.3. The maximum Gasteiger partial charge on any atom is 0.417 e. The lowest BCUT2D eigenvalue weighted by atomic mass is 10.2. The number of benzene rings is 1. The van der Waals surface area contributed by atoms with Crippen molar-refractivity contribution >= 4 is 40.1 Å². The fourth-order valence-corrected chi connectivity index (χ4v) is 3.05. The molecule has 3 aromatic rings. The van der Waals surface area contributed by atoms with Gasteiger partial charge in [-0.05, 0) is 24.3 Å². The monoisotopic (exact) mass is 470 g/mol. The molecule has 0 aliphatic heterocycles. The molecular formula is C17H10Cl2F6N4O. The summed E-state index contributed by atoms with van der Waals surface area (Å²) in [5, 5.41) is 1.87. The van der Waals surface area contributed by atoms with Gasteiger partial charge in [0.05, 0.1) is 27.2 Å². The van der Waals surface area contributed by atoms with E-state index in [0.717, 1.165) is 22.8 Å². The van der Waals surface area contributed by atoms with Crippen LogP contribution < -0.4 is 10.9 Å². The van der Waals surface area contributed by atoms with Crippen LogP contribution in [-0.4, -0.2) is 21.1 Å². The van der Waals surface area contributed by atoms with E-state index >= 15 is 0 Å². The minimum atomic E-state index is -4.61. The van der Waals surface area contributed by atoms with Crippen LogP contribution in [0.25, 0.3) is 11.0 Å². The number of anilines is 1. The van der Waals surface area contributed by atoms with Crippen LogP contribution in [0.3, 0.4) is 0 Å². The quantitative estimate of drug-likeness (QED) is 0.529. The Morgan fingerprint density at radius 1 is 1.00 bits per heavy atom. The summed E-state index contributed by atoms with van der Waals surface area (Å²) in [7, 11) is 0. The van der Waals surface area contributed by atoms with Gasteiger partial charge in [0.2, 0.25) is 0 Å². The lowest BCUT2D eigenvalue weighted by molar-refractivity contribution is -0.138. The molecule has 160 valence electrons. The third kappa shape index (κ3) is 4.62. The Kier molecular flexibility index (Phi) is 5.87. The van der Waals surface area contributed by atoms with E-state index in [2.05, 4.69) is 15.3 Å². The molecule has 2 heterocycles. The molecule has 0 amide bonds. The van der Waals surface area contributed by atoms with E-state index in [9.17, 15) is 31.1 Å². The van der Waals surface area contributed by atoms with Crippen molar-refractivity contribution in [2.45, 2.75) is 18.9 Å². The van der Waals surface area contributed by atoms with Crippen molar-refractivity contribution < 1.29 is 26.3 Å². The van der Waals surface area contributed by atoms with E-state index < -0.39 is 34.2 Å². The van der Waals surface area contributed by atoms with Gasteiger partial charge in [0.15, 0.2) is 5.15 Å². The minimum Gasteiger partial charge on any atom is -0.367 e. The van der Waals surface area contributed by atoms with Gasteiger partial charge in [-0.2, -0.15) is 26.3 Å². The Balaban J connectivity index is 1.86. The van der Waals surface area contributed by atoms with Crippen molar-refractivity contribution in [2.24, 2.45) is 0 Å². The van der Waals surface area contributed by atoms with Crippen LogP contribution in [0.1, 0.15) is 11.1 Å². The highest BCUT2D eigenvalue weighted by Crippen LogP contribution is 2.33. The number of rotatable bonds is 4. The molecule has 0 saturated heterocycles. The molecule has 30 heavy (non-hydrogen) atoms. The van der Waals surface area contributed by atoms with Gasteiger partial charge in [-0.1, -0.05) is 23.2 Å². The van der Waals surface area contributed by atoms with Crippen LogP contribution in [0.2, 0.25) is 10.2 Å². The summed E-state index contributed by atoms with van der Waals surface area (Å²) >= 11 is 11.6. The molecule has 0 fully saturated rings. The molecule has 0 atom stereocenters. The fraction of sp³-hybridized carbons (Fsp3) is 0.235. The number of pyridine rings is 1. The summed E-state index contributed by atoms with van der Waals surface area (Å²) in [6, 6.07) is 3.35. The van der Waals surface area contributed by atoms with Crippen LogP contribution in [0.5, 0.6) is 0 Å². The standard InChI is InChI=1S/C17H10Cl2F6N4O/c18-10-5-9(17(23,24)25)7-27-14(10)26-3-4-29-12-2-1-8(16(20,21)22)6-11(12)28-13(19)15(29)30/h1-2,5-7H,3-4H2,(H,26,27). The van der Waals surface area contributed by atoms with Gasteiger partial charge in [0.1, 0.15) is 5.82 Å². The number of alkyl halides is 6. The lowest BCUT2D eigenvalue weighted by Gasteiger charge is -2.14. The van der Waals surface area contributed by atoms with Gasteiger partial charge in [0.25, 0.3) is 5.56 Å². The van der Waals surface area contributed by atoms with Crippen LogP contribution in [0.4, 0.5) is 32.2 Å². The first kappa shape index (κ1) is 22.2. The van der Waals surface area contributed by atoms with Gasteiger partial charge in [0, 0.05) is 19.3 Å². The molecule has 0 aliphatic rings. The number of fused-ring (bicyclic) bond motifs is 1. The second-order valence-corrected chi connectivity index (χ2v) is 6.80. The van der Waals surface area contributed by atoms with Gasteiger partial charge in [-0.25, -0.2) is 9.97 Å². The Bertz CT molecular complexity index is 1160. The van der Waals surface area contributed by atoms with Crippen LogP contribution in [0, 0.1) is 0 Å². The van der Waals surface area contributed by atoms with Crippen molar-refractivity contribution in [1.29, 1.82) is 0 Å². The summed E-state index contributed by atoms with van der Waals surface area (Å²) in [4.78, 5) is 19.6. The van der Waals surface area contributed by atoms with Crippen molar-refractivity contribution in [3.8, 4) is 0 Å². The average molecular weight is 471 g/mol. The summed E-state index contributed by atoms with van der Waals surface area (Å²) in [5.74, 6) is -0.0541. The third-order valence-electron chi connectivity index (χ3n) is 4.03. The third-order valence-corrected chi connectivity index (χ3v) is 4.56. The first-order chi connectivity index (χ1) is 13.9. The second kappa shape index (κ2) is 7.95. The normalized spacial score (nSPS) is 12.4. The number of hydrogen-bond donors (Lipinski definition) is 1. The molecule has 1 N–H and O–H groups in total. The summed E-state index contributed by atoms with van der Waals surface area (Å²) in [6.45, 7) is -0.129. The number of nitrogens with zero attached hydrogens (tertiary/aromatic N) is 3. The molecule has 2 aromatic heterocycles. The largest absolute Gasteiger partial charge is 0.417 e. The zero-order valence-electron chi connectivity index (χ0n) is 14.6. The van der Waals surface area contributed by atoms with E-state index in [1.165, 1.54) is 0 Å². The molecule has 0 aliphatic carbocycles. The van der Waals surface area contributed by atoms with Crippen LogP contribution in [-0.2, 0) is 18.9 Å². The molecule has 0 saturated carbocycles. The van der Waals surface area contributed by atoms with Crippen molar-refractivity contribution in [3.63, 3.8) is 0 Å². The predicted octanol–water partition coefficient (Wildman–Crippen LogP) is 5.25. The highest BCUT2D eigenvalue weighted by Gasteiger charge is 2.32. The van der Waals surface area contributed by atoms with Crippen molar-refractivity contribution in [1.82, 2.24) is 14.5 Å². The molecule has 1 aromatic carbocycles. The molecule has 0 unspecified atom stereocenters. The lowest BCUT2D eigenvalue weighted by Crippen LogP contribution is -2.26. The summed E-state index contributed by atoms with van der Waals surface area (Å²) < 4.78 is 77.8. The zero-order valence-corrected chi connectivity index (χ0v) is 16.1. The topological polar surface area (TPSA) is 59.8 Å². The van der Waals surface area contributed by atoms with E-state index in [1.807, 2.05) is 0 Å². The Labute approximate surface area is 174 Å². The maximum atomic E-state index is 12.9. The van der Waals surface area contributed by atoms with E-state index in [1.54, 1.807) is 0 Å². The second-order valence-electron chi connectivity index (χ2n) is 6.04. The Hall–Kier alpha value is -2.53. The smallest absolute Gasteiger partial charge is 0.367 e. The average Bonchev–Trinajstić information content (AvgIpc) is 2.64. The van der Waals surface area contributed by atoms with Gasteiger partial charge < -0.3 is 9.88 Å². The van der Waals surface area contributed by atoms with E-state index in [4.69, 9.17) is 23.2 Å². The van der Waals surface area contributed by atoms with Crippen molar-refractivity contribution in [2.75, 3.05) is 11.9 Å². The minimum absolute atomic E-state index is 0.0333. The summed E-state index contributed by atoms with van der Waals surface area (Å²) in [6.07, 6.45) is -8.61. The molecule has 0 spiro atoms. The maximum absolute atomic E-state index is 12.9. The fourth-order valence-electron chi connectivity index (χ4n) is 2.62. The predicted molar refractivity (Wildman–Crippen MR) is 98.8 cm³/mol. The highest BCUT2D eigenvalue weighted by atomic mass is 35.5. The molecular weight excluding hydrogens is 461 g/mol. The van der Waals surface area contributed by atoms with E-state index in [-0.39, 0.29) is 35.0 Å². The SMILES string of the molecule is O=c1c(Cl)nc2cc(C(F)(F)F)ccc2n1CCNc1ncc(C(F)(F)F)cc1Cl. The van der Waals surface area contributed by atoms with E-state index in [0.29, 0.717) is 12.3 Å². The van der Waals surface area contributed by atoms with Gasteiger partial charge in [-0.15, -0.1) is 0 Å². The Morgan fingerprint density at radius 3 is 2.27 bits per heavy atom. The molecule has 0 radical (unpaired) electrons. The summed E-state index contributed by atoms with van der Waals surface area (Å²) in [5.41, 5.74) is -2.76. The van der Waals surface area contributed by atoms with Crippen LogP contribution in [0.15, 0.2) is 35.3 Å². The number of hydrogen-bond acceptors (Lipinski definition) is 4. The Morgan fingerprint density at radius 2 is 1.67 bits per heavy atom. The highest BCUT2D eigenvalue weighted by molar-refractivity contribution is 6.33. The molecule has 0 bridgehead atoms. The van der Waals surface area contributed by atoms with Gasteiger partial charge in [-0.3, -0.25) is 4.79 Å². The molecule has 3 rings (SSSR count). The van der Waals surface area contributed by atoms with Gasteiger partial charge >= 0.3 is 12.4 Å². The number of halogens is 8. The van der Waals surface area contributed by atoms with Crippen molar-refractivity contribution in [3.05, 3.63) is 62.1 Å². The first-order valence-electron chi connectivity index (χ1n) is 8.12. The molecule has 13 heteroatoms. The molecule has 5 nitrogen and oxygen atoms in total. The number of nitrogens with one attached hydrogen (secondary N) is 1. The first-order valence-corrected chi connectivity index (χ1v) is 8.87. The number of aromatic nitrogens is 3.